The van der Waals surface area contributed by atoms with Gasteiger partial charge in [-0.2, -0.15) is 5.10 Å². The normalized spacial score (nSPS) is 12.5. The van der Waals surface area contributed by atoms with Crippen LogP contribution in [0.3, 0.4) is 0 Å². The summed E-state index contributed by atoms with van der Waals surface area (Å²) in [7, 11) is 0. The molecular weight excluding hydrogens is 312 g/mol. The van der Waals surface area contributed by atoms with Crippen LogP contribution in [0.2, 0.25) is 0 Å². The molecule has 0 aliphatic rings. The molecular formula is C16H18N4O2S. The molecule has 0 fully saturated rings. The first kappa shape index (κ1) is 15.6. The summed E-state index contributed by atoms with van der Waals surface area (Å²) in [5.74, 6) is -0.225. The van der Waals surface area contributed by atoms with Gasteiger partial charge in [0.15, 0.2) is 5.65 Å². The number of amides is 1. The average molecular weight is 330 g/mol. The third-order valence-corrected chi connectivity index (χ3v) is 4.29. The summed E-state index contributed by atoms with van der Waals surface area (Å²) in [6, 6.07) is 5.79. The summed E-state index contributed by atoms with van der Waals surface area (Å²) in [5.41, 5.74) is 1.99. The van der Waals surface area contributed by atoms with E-state index in [9.17, 15) is 9.90 Å². The Balaban J connectivity index is 1.96. The Labute approximate surface area is 137 Å². The van der Waals surface area contributed by atoms with Crippen LogP contribution in [0.25, 0.3) is 11.0 Å². The third kappa shape index (κ3) is 3.40. The first-order chi connectivity index (χ1) is 11.0. The highest BCUT2D eigenvalue weighted by Crippen LogP contribution is 2.20. The third-order valence-electron chi connectivity index (χ3n) is 3.43. The van der Waals surface area contributed by atoms with Crippen LogP contribution < -0.4 is 5.32 Å². The van der Waals surface area contributed by atoms with E-state index in [4.69, 9.17) is 0 Å². The second-order valence-electron chi connectivity index (χ2n) is 5.49. The molecule has 6 nitrogen and oxygen atoms in total. The van der Waals surface area contributed by atoms with Crippen LogP contribution in [-0.2, 0) is 6.54 Å². The maximum Gasteiger partial charge on any atom is 0.252 e. The van der Waals surface area contributed by atoms with Crippen molar-refractivity contribution >= 4 is 28.3 Å². The summed E-state index contributed by atoms with van der Waals surface area (Å²) in [4.78, 5) is 18.1. The van der Waals surface area contributed by atoms with Crippen molar-refractivity contribution in [2.45, 2.75) is 26.5 Å². The Morgan fingerprint density at radius 2 is 2.35 bits per heavy atom. The highest BCUT2D eigenvalue weighted by molar-refractivity contribution is 7.09. The van der Waals surface area contributed by atoms with Gasteiger partial charge in [0.2, 0.25) is 0 Å². The number of aliphatic hydroxyl groups excluding tert-OH is 1. The van der Waals surface area contributed by atoms with E-state index in [2.05, 4.69) is 15.4 Å². The van der Waals surface area contributed by atoms with Crippen molar-refractivity contribution in [3.63, 3.8) is 0 Å². The van der Waals surface area contributed by atoms with Gasteiger partial charge in [-0.25, -0.2) is 9.67 Å². The number of hydrogen-bond acceptors (Lipinski definition) is 5. The lowest BCUT2D eigenvalue weighted by Crippen LogP contribution is -2.30. The number of nitrogens with one attached hydrogen (secondary N) is 1. The van der Waals surface area contributed by atoms with Gasteiger partial charge in [-0.15, -0.1) is 11.3 Å². The van der Waals surface area contributed by atoms with Gasteiger partial charge in [-0.05, 0) is 31.4 Å². The van der Waals surface area contributed by atoms with E-state index < -0.39 is 6.10 Å². The average Bonchev–Trinajstić information content (AvgIpc) is 3.15. The van der Waals surface area contributed by atoms with Gasteiger partial charge in [-0.1, -0.05) is 6.07 Å². The van der Waals surface area contributed by atoms with Crippen LogP contribution in [0.1, 0.15) is 27.9 Å². The molecule has 7 heteroatoms. The fourth-order valence-corrected chi connectivity index (χ4v) is 3.05. The Kier molecular flexibility index (Phi) is 4.40. The smallest absolute Gasteiger partial charge is 0.252 e. The standard InChI is InChI=1S/C16H18N4O2S/c1-10-6-13(16(22)17-7-11(2)21)14-8-18-20(15(14)19-10)9-12-4-3-5-23-12/h3-6,8,11,21H,7,9H2,1-2H3,(H,17,22). The monoisotopic (exact) mass is 330 g/mol. The molecule has 3 rings (SSSR count). The molecule has 1 unspecified atom stereocenters. The van der Waals surface area contributed by atoms with Crippen LogP contribution in [-0.4, -0.2) is 38.4 Å². The van der Waals surface area contributed by atoms with Crippen molar-refractivity contribution in [2.24, 2.45) is 0 Å². The van der Waals surface area contributed by atoms with Crippen LogP contribution in [0, 0.1) is 6.92 Å². The summed E-state index contributed by atoms with van der Waals surface area (Å²) >= 11 is 1.66. The fourth-order valence-electron chi connectivity index (χ4n) is 2.36. The first-order valence-electron chi connectivity index (χ1n) is 7.36. The van der Waals surface area contributed by atoms with E-state index in [1.54, 1.807) is 35.2 Å². The summed E-state index contributed by atoms with van der Waals surface area (Å²) in [6.45, 7) is 4.33. The number of nitrogens with zero attached hydrogens (tertiary/aromatic N) is 3. The second kappa shape index (κ2) is 6.47. The zero-order chi connectivity index (χ0) is 16.4. The van der Waals surface area contributed by atoms with Gasteiger partial charge in [0.1, 0.15) is 0 Å². The highest BCUT2D eigenvalue weighted by atomic mass is 32.1. The van der Waals surface area contributed by atoms with Gasteiger partial charge in [0.25, 0.3) is 5.91 Å². The number of aromatic nitrogens is 3. The zero-order valence-corrected chi connectivity index (χ0v) is 13.8. The molecule has 2 N–H and O–H groups in total. The molecule has 0 radical (unpaired) electrons. The molecule has 3 aromatic heterocycles. The minimum atomic E-state index is -0.584. The summed E-state index contributed by atoms with van der Waals surface area (Å²) in [6.07, 6.45) is 1.09. The SMILES string of the molecule is Cc1cc(C(=O)NCC(C)O)c2cnn(Cc3cccs3)c2n1. The van der Waals surface area contributed by atoms with E-state index in [0.717, 1.165) is 11.1 Å². The van der Waals surface area contributed by atoms with E-state index in [1.807, 2.05) is 24.4 Å². The van der Waals surface area contributed by atoms with Gasteiger partial charge in [0, 0.05) is 17.1 Å². The van der Waals surface area contributed by atoms with Gasteiger partial charge in [-0.3, -0.25) is 4.79 Å². The molecule has 0 aromatic carbocycles. The van der Waals surface area contributed by atoms with Crippen LogP contribution >= 0.6 is 11.3 Å². The number of aliphatic hydroxyl groups is 1. The van der Waals surface area contributed by atoms with Crippen molar-refractivity contribution in [3.05, 3.63) is 45.9 Å². The number of carbonyl (C=O) groups excluding carboxylic acids is 1. The second-order valence-corrected chi connectivity index (χ2v) is 6.52. The quantitative estimate of drug-likeness (QED) is 0.749. The van der Waals surface area contributed by atoms with Crippen molar-refractivity contribution in [2.75, 3.05) is 6.54 Å². The molecule has 1 amide bonds. The van der Waals surface area contributed by atoms with Gasteiger partial charge < -0.3 is 10.4 Å². The Bertz CT molecular complexity index is 824. The molecule has 0 aliphatic heterocycles. The number of aryl methyl sites for hydroxylation is 1. The molecule has 120 valence electrons. The number of pyridine rings is 1. The Morgan fingerprint density at radius 1 is 1.52 bits per heavy atom. The lowest BCUT2D eigenvalue weighted by Gasteiger charge is -2.09. The van der Waals surface area contributed by atoms with Crippen molar-refractivity contribution < 1.29 is 9.90 Å². The van der Waals surface area contributed by atoms with Crippen LogP contribution in [0.4, 0.5) is 0 Å². The maximum atomic E-state index is 12.4. The Morgan fingerprint density at radius 3 is 3.04 bits per heavy atom. The molecule has 0 aliphatic carbocycles. The molecule has 3 aromatic rings. The minimum Gasteiger partial charge on any atom is -0.392 e. The number of thiophene rings is 1. The summed E-state index contributed by atoms with van der Waals surface area (Å²) < 4.78 is 1.81. The van der Waals surface area contributed by atoms with Gasteiger partial charge >= 0.3 is 0 Å². The van der Waals surface area contributed by atoms with Crippen LogP contribution in [0.15, 0.2) is 29.8 Å². The number of hydrogen-bond donors (Lipinski definition) is 2. The van der Waals surface area contributed by atoms with Crippen LogP contribution in [0.5, 0.6) is 0 Å². The van der Waals surface area contributed by atoms with Crippen molar-refractivity contribution in [1.82, 2.24) is 20.1 Å². The topological polar surface area (TPSA) is 80.0 Å². The molecule has 0 saturated heterocycles. The Hall–Kier alpha value is -2.25. The number of fused-ring (bicyclic) bond motifs is 1. The van der Waals surface area contributed by atoms with E-state index in [1.165, 1.54) is 4.88 Å². The molecule has 0 bridgehead atoms. The summed E-state index contributed by atoms with van der Waals surface area (Å²) in [5, 5.41) is 19.2. The van der Waals surface area contributed by atoms with E-state index >= 15 is 0 Å². The lowest BCUT2D eigenvalue weighted by molar-refractivity contribution is 0.0925. The minimum absolute atomic E-state index is 0.213. The van der Waals surface area contributed by atoms with E-state index in [-0.39, 0.29) is 12.5 Å². The fraction of sp³-hybridized carbons (Fsp3) is 0.312. The first-order valence-corrected chi connectivity index (χ1v) is 8.24. The van der Waals surface area contributed by atoms with E-state index in [0.29, 0.717) is 17.8 Å². The largest absolute Gasteiger partial charge is 0.392 e. The van der Waals surface area contributed by atoms with Gasteiger partial charge in [0.05, 0.1) is 29.8 Å². The number of carbonyl (C=O) groups is 1. The highest BCUT2D eigenvalue weighted by Gasteiger charge is 2.16. The molecule has 0 spiro atoms. The number of rotatable bonds is 5. The maximum absolute atomic E-state index is 12.4. The zero-order valence-electron chi connectivity index (χ0n) is 13.0. The molecule has 1 atom stereocenters. The molecule has 3 heterocycles. The predicted molar refractivity (Wildman–Crippen MR) is 89.7 cm³/mol. The molecule has 0 saturated carbocycles. The molecule has 23 heavy (non-hydrogen) atoms. The van der Waals surface area contributed by atoms with Crippen molar-refractivity contribution in [3.8, 4) is 0 Å². The predicted octanol–water partition coefficient (Wildman–Crippen LogP) is 1.96. The van der Waals surface area contributed by atoms with Crippen molar-refractivity contribution in [1.29, 1.82) is 0 Å². The lowest BCUT2D eigenvalue weighted by atomic mass is 10.1.